The lowest BCUT2D eigenvalue weighted by molar-refractivity contribution is -0.131. The summed E-state index contributed by atoms with van der Waals surface area (Å²) in [6.45, 7) is 1.29. The molecule has 5 heteroatoms. The fourth-order valence-corrected chi connectivity index (χ4v) is 1.46. The van der Waals surface area contributed by atoms with Crippen molar-refractivity contribution < 1.29 is 13.9 Å². The summed E-state index contributed by atoms with van der Waals surface area (Å²) in [7, 11) is 0. The number of benzene rings is 1. The third-order valence-electron chi connectivity index (χ3n) is 1.97. The van der Waals surface area contributed by atoms with E-state index in [0.29, 0.717) is 16.7 Å². The maximum Gasteiger partial charge on any atom is 0.308 e. The topological polar surface area (TPSA) is 56.5 Å². The van der Waals surface area contributed by atoms with E-state index in [9.17, 15) is 9.59 Å². The van der Waals surface area contributed by atoms with Gasteiger partial charge in [0.2, 0.25) is 5.43 Å². The summed E-state index contributed by atoms with van der Waals surface area (Å²) in [5, 5.41) is 0.371. The van der Waals surface area contributed by atoms with Gasteiger partial charge in [0.05, 0.1) is 5.39 Å². The Morgan fingerprint density at radius 3 is 2.88 bits per heavy atom. The monoisotopic (exact) mass is 238 g/mol. The molecule has 0 N–H and O–H groups in total. The van der Waals surface area contributed by atoms with Gasteiger partial charge in [-0.3, -0.25) is 9.59 Å². The average Bonchev–Trinajstić information content (AvgIpc) is 2.23. The molecule has 82 valence electrons. The number of carbonyl (C=O) groups excluding carboxylic acids is 1. The molecule has 0 fully saturated rings. The zero-order valence-electron chi connectivity index (χ0n) is 8.32. The molecule has 0 amide bonds. The minimum absolute atomic E-state index is 0.0211. The second-order valence-electron chi connectivity index (χ2n) is 3.16. The van der Waals surface area contributed by atoms with E-state index in [1.54, 1.807) is 0 Å². The first kappa shape index (κ1) is 10.7. The van der Waals surface area contributed by atoms with Gasteiger partial charge in [0.15, 0.2) is 0 Å². The van der Waals surface area contributed by atoms with E-state index >= 15 is 0 Å². The molecule has 0 saturated heterocycles. The van der Waals surface area contributed by atoms with E-state index in [1.807, 2.05) is 0 Å². The first-order chi connectivity index (χ1) is 7.58. The van der Waals surface area contributed by atoms with Gasteiger partial charge in [-0.2, -0.15) is 0 Å². The summed E-state index contributed by atoms with van der Waals surface area (Å²) in [5.74, 6) is -0.110. The normalized spacial score (nSPS) is 10.4. The summed E-state index contributed by atoms with van der Waals surface area (Å²) in [5.41, 5.74) is 0.0189. The molecule has 2 aromatic rings. The Hall–Kier alpha value is -1.81. The quantitative estimate of drug-likeness (QED) is 0.565. The Morgan fingerprint density at radius 1 is 1.44 bits per heavy atom. The van der Waals surface area contributed by atoms with Gasteiger partial charge in [-0.15, -0.1) is 0 Å². The first-order valence-corrected chi connectivity index (χ1v) is 4.85. The molecule has 0 unspecified atom stereocenters. The SMILES string of the molecule is CC(=O)Oc1ccc2c(=O)c(Cl)coc2c1. The standard InChI is InChI=1S/C11H7ClO4/c1-6(13)16-7-2-3-8-10(4-7)15-5-9(12)11(8)14/h2-5H,1H3. The smallest absolute Gasteiger partial charge is 0.308 e. The van der Waals surface area contributed by atoms with Crippen LogP contribution in [0.4, 0.5) is 0 Å². The van der Waals surface area contributed by atoms with E-state index in [0.717, 1.165) is 6.26 Å². The summed E-state index contributed by atoms with van der Waals surface area (Å²) in [6.07, 6.45) is 1.16. The third-order valence-corrected chi connectivity index (χ3v) is 2.23. The van der Waals surface area contributed by atoms with Crippen molar-refractivity contribution in [3.8, 4) is 5.75 Å². The number of hydrogen-bond donors (Lipinski definition) is 0. The Bertz CT molecular complexity index is 615. The highest BCUT2D eigenvalue weighted by Crippen LogP contribution is 2.20. The van der Waals surface area contributed by atoms with Gasteiger partial charge in [-0.1, -0.05) is 11.6 Å². The lowest BCUT2D eigenvalue weighted by atomic mass is 10.2. The number of ether oxygens (including phenoxy) is 1. The van der Waals surface area contributed by atoms with Crippen molar-refractivity contribution >= 4 is 28.5 Å². The van der Waals surface area contributed by atoms with Gasteiger partial charge < -0.3 is 9.15 Å². The molecule has 0 saturated carbocycles. The molecule has 1 aromatic carbocycles. The van der Waals surface area contributed by atoms with Gasteiger partial charge in [-0.05, 0) is 12.1 Å². The minimum Gasteiger partial charge on any atom is -0.462 e. The summed E-state index contributed by atoms with van der Waals surface area (Å²) in [4.78, 5) is 22.3. The summed E-state index contributed by atoms with van der Waals surface area (Å²) in [6, 6.07) is 4.48. The number of halogens is 1. The predicted molar refractivity (Wildman–Crippen MR) is 58.8 cm³/mol. The average molecular weight is 239 g/mol. The van der Waals surface area contributed by atoms with Crippen molar-refractivity contribution in [3.63, 3.8) is 0 Å². The molecular formula is C11H7ClO4. The Morgan fingerprint density at radius 2 is 2.19 bits per heavy atom. The van der Waals surface area contributed by atoms with Crippen molar-refractivity contribution in [2.75, 3.05) is 0 Å². The van der Waals surface area contributed by atoms with Crippen LogP contribution < -0.4 is 10.2 Å². The molecule has 2 rings (SSSR count). The first-order valence-electron chi connectivity index (χ1n) is 4.47. The van der Waals surface area contributed by atoms with E-state index < -0.39 is 5.97 Å². The van der Waals surface area contributed by atoms with Crippen molar-refractivity contribution in [3.05, 3.63) is 39.7 Å². The summed E-state index contributed by atoms with van der Waals surface area (Å²) < 4.78 is 9.98. The molecular weight excluding hydrogens is 232 g/mol. The molecule has 0 spiro atoms. The fraction of sp³-hybridized carbons (Fsp3) is 0.0909. The molecule has 0 bridgehead atoms. The second kappa shape index (κ2) is 3.98. The number of esters is 1. The highest BCUT2D eigenvalue weighted by atomic mass is 35.5. The van der Waals surface area contributed by atoms with E-state index in [1.165, 1.54) is 25.1 Å². The molecule has 1 aromatic heterocycles. The lowest BCUT2D eigenvalue weighted by Crippen LogP contribution is -2.03. The summed E-state index contributed by atoms with van der Waals surface area (Å²) >= 11 is 5.62. The zero-order valence-corrected chi connectivity index (χ0v) is 9.08. The molecule has 1 heterocycles. The predicted octanol–water partition coefficient (Wildman–Crippen LogP) is 2.37. The van der Waals surface area contributed by atoms with Gasteiger partial charge in [0, 0.05) is 13.0 Å². The van der Waals surface area contributed by atoms with Crippen LogP contribution in [0, 0.1) is 0 Å². The van der Waals surface area contributed by atoms with Crippen LogP contribution >= 0.6 is 11.6 Å². The largest absolute Gasteiger partial charge is 0.462 e. The van der Waals surface area contributed by atoms with Crippen molar-refractivity contribution in [1.29, 1.82) is 0 Å². The van der Waals surface area contributed by atoms with Crippen LogP contribution in [0.5, 0.6) is 5.75 Å². The van der Waals surface area contributed by atoms with E-state index in [4.69, 9.17) is 20.8 Å². The Labute approximate surface area is 95.4 Å². The second-order valence-corrected chi connectivity index (χ2v) is 3.57. The maximum atomic E-state index is 11.6. The lowest BCUT2D eigenvalue weighted by Gasteiger charge is -2.02. The van der Waals surface area contributed by atoms with Crippen LogP contribution in [0.15, 0.2) is 33.7 Å². The number of hydrogen-bond acceptors (Lipinski definition) is 4. The van der Waals surface area contributed by atoms with E-state index in [-0.39, 0.29) is 10.5 Å². The van der Waals surface area contributed by atoms with Gasteiger partial charge in [-0.25, -0.2) is 0 Å². The highest BCUT2D eigenvalue weighted by Gasteiger charge is 2.07. The molecule has 16 heavy (non-hydrogen) atoms. The van der Waals surface area contributed by atoms with Gasteiger partial charge in [0.1, 0.15) is 22.6 Å². The highest BCUT2D eigenvalue weighted by molar-refractivity contribution is 6.30. The van der Waals surface area contributed by atoms with Crippen LogP contribution in [-0.4, -0.2) is 5.97 Å². The number of fused-ring (bicyclic) bond motifs is 1. The molecule has 0 radical (unpaired) electrons. The number of rotatable bonds is 1. The van der Waals surface area contributed by atoms with Crippen LogP contribution in [0.3, 0.4) is 0 Å². The molecule has 0 atom stereocenters. The Balaban J connectivity index is 2.60. The van der Waals surface area contributed by atoms with Crippen molar-refractivity contribution in [2.24, 2.45) is 0 Å². The Kier molecular flexibility index (Phi) is 2.66. The van der Waals surface area contributed by atoms with Gasteiger partial charge in [0.25, 0.3) is 0 Å². The molecule has 0 aliphatic heterocycles. The third kappa shape index (κ3) is 1.92. The maximum absolute atomic E-state index is 11.6. The van der Waals surface area contributed by atoms with Crippen molar-refractivity contribution in [2.45, 2.75) is 6.92 Å². The molecule has 0 aliphatic rings. The van der Waals surface area contributed by atoms with E-state index in [2.05, 4.69) is 0 Å². The van der Waals surface area contributed by atoms with Crippen molar-refractivity contribution in [1.82, 2.24) is 0 Å². The van der Waals surface area contributed by atoms with Crippen LogP contribution in [0.25, 0.3) is 11.0 Å². The molecule has 0 aliphatic carbocycles. The van der Waals surface area contributed by atoms with Crippen LogP contribution in [-0.2, 0) is 4.79 Å². The van der Waals surface area contributed by atoms with Crippen LogP contribution in [0.2, 0.25) is 5.02 Å². The zero-order chi connectivity index (χ0) is 11.7. The van der Waals surface area contributed by atoms with Gasteiger partial charge >= 0.3 is 5.97 Å². The fourth-order valence-electron chi connectivity index (χ4n) is 1.31. The number of carbonyl (C=O) groups is 1. The van der Waals surface area contributed by atoms with Crippen LogP contribution in [0.1, 0.15) is 6.92 Å². The minimum atomic E-state index is -0.435. The molecule has 4 nitrogen and oxygen atoms in total.